The Hall–Kier alpha value is -1.10. The van der Waals surface area contributed by atoms with Crippen LogP contribution < -0.4 is 16.0 Å². The summed E-state index contributed by atoms with van der Waals surface area (Å²) < 4.78 is 0. The van der Waals surface area contributed by atoms with E-state index in [1.807, 2.05) is 13.8 Å². The highest BCUT2D eigenvalue weighted by Gasteiger charge is 2.55. The molecule has 4 saturated carbocycles. The van der Waals surface area contributed by atoms with Crippen LogP contribution in [0.5, 0.6) is 0 Å². The summed E-state index contributed by atoms with van der Waals surface area (Å²) in [4.78, 5) is 26.0. The molecule has 1 saturated heterocycles. The smallest absolute Gasteiger partial charge is 0.243 e. The van der Waals surface area contributed by atoms with Gasteiger partial charge in [0.1, 0.15) is 6.04 Å². The highest BCUT2D eigenvalue weighted by Crippen LogP contribution is 2.60. The molecular formula is C20H33N3O2. The third-order valence-corrected chi connectivity index (χ3v) is 7.16. The summed E-state index contributed by atoms with van der Waals surface area (Å²) in [6.45, 7) is 5.84. The number of hydrogen-bond acceptors (Lipinski definition) is 3. The Labute approximate surface area is 151 Å². The number of hydrogen-bond donors (Lipinski definition) is 3. The first-order valence-corrected chi connectivity index (χ1v) is 10.3. The van der Waals surface area contributed by atoms with Gasteiger partial charge in [-0.1, -0.05) is 13.8 Å². The van der Waals surface area contributed by atoms with Gasteiger partial charge < -0.3 is 16.0 Å². The zero-order valence-corrected chi connectivity index (χ0v) is 15.6. The fourth-order valence-corrected chi connectivity index (χ4v) is 6.29. The molecule has 5 fully saturated rings. The standard InChI is InChI=1S/C20H33N3O2/c1-12(2)17(18(24)22-16-3-4-21-11-16)23-19(25)20-8-13-5-14(9-20)7-15(6-13)10-20/h12-17,21H,3-11H2,1-2H3,(H,22,24)(H,23,25). The molecule has 2 atom stereocenters. The minimum absolute atomic E-state index is 0.0122. The normalized spacial score (nSPS) is 40.3. The second-order valence-electron chi connectivity index (χ2n) is 9.59. The van der Waals surface area contributed by atoms with Gasteiger partial charge in [0.25, 0.3) is 0 Å². The Morgan fingerprint density at radius 1 is 1.04 bits per heavy atom. The van der Waals surface area contributed by atoms with Gasteiger partial charge in [-0.3, -0.25) is 9.59 Å². The molecular weight excluding hydrogens is 314 g/mol. The summed E-state index contributed by atoms with van der Waals surface area (Å²) in [6, 6.07) is -0.216. The summed E-state index contributed by atoms with van der Waals surface area (Å²) in [5.74, 6) is 2.48. The Morgan fingerprint density at radius 2 is 1.64 bits per heavy atom. The molecule has 2 unspecified atom stereocenters. The van der Waals surface area contributed by atoms with Crippen LogP contribution in [-0.2, 0) is 9.59 Å². The Balaban J connectivity index is 1.43. The van der Waals surface area contributed by atoms with Crippen molar-refractivity contribution in [2.24, 2.45) is 29.1 Å². The maximum atomic E-state index is 13.2. The molecule has 1 aliphatic heterocycles. The van der Waals surface area contributed by atoms with Gasteiger partial charge in [0.2, 0.25) is 11.8 Å². The molecule has 1 heterocycles. The first-order chi connectivity index (χ1) is 11.9. The third kappa shape index (κ3) is 3.32. The quantitative estimate of drug-likeness (QED) is 0.710. The van der Waals surface area contributed by atoms with Crippen LogP contribution in [0.4, 0.5) is 0 Å². The Bertz CT molecular complexity index is 504. The minimum atomic E-state index is -0.416. The molecule has 4 bridgehead atoms. The molecule has 4 aliphatic carbocycles. The molecule has 140 valence electrons. The van der Waals surface area contributed by atoms with Crippen molar-refractivity contribution in [3.63, 3.8) is 0 Å². The molecule has 5 nitrogen and oxygen atoms in total. The van der Waals surface area contributed by atoms with Crippen molar-refractivity contribution in [1.82, 2.24) is 16.0 Å². The van der Waals surface area contributed by atoms with Crippen molar-refractivity contribution in [3.05, 3.63) is 0 Å². The van der Waals surface area contributed by atoms with E-state index in [0.717, 1.165) is 56.5 Å². The van der Waals surface area contributed by atoms with Crippen LogP contribution in [-0.4, -0.2) is 37.0 Å². The largest absolute Gasteiger partial charge is 0.350 e. The van der Waals surface area contributed by atoms with Crippen molar-refractivity contribution in [2.75, 3.05) is 13.1 Å². The number of amides is 2. The zero-order valence-electron chi connectivity index (χ0n) is 15.6. The van der Waals surface area contributed by atoms with Crippen LogP contribution in [0.3, 0.4) is 0 Å². The lowest BCUT2D eigenvalue weighted by molar-refractivity contribution is -0.149. The second kappa shape index (κ2) is 6.57. The van der Waals surface area contributed by atoms with Gasteiger partial charge in [-0.15, -0.1) is 0 Å². The van der Waals surface area contributed by atoms with Gasteiger partial charge >= 0.3 is 0 Å². The molecule has 2 amide bonds. The summed E-state index contributed by atoms with van der Waals surface area (Å²) >= 11 is 0. The topological polar surface area (TPSA) is 70.2 Å². The first kappa shape index (κ1) is 17.3. The average molecular weight is 348 g/mol. The maximum absolute atomic E-state index is 13.2. The van der Waals surface area contributed by atoms with Gasteiger partial charge in [0.15, 0.2) is 0 Å². The summed E-state index contributed by atoms with van der Waals surface area (Å²) in [5.41, 5.74) is -0.183. The van der Waals surface area contributed by atoms with E-state index >= 15 is 0 Å². The van der Waals surface area contributed by atoms with E-state index in [4.69, 9.17) is 0 Å². The highest BCUT2D eigenvalue weighted by molar-refractivity contribution is 5.90. The van der Waals surface area contributed by atoms with Crippen molar-refractivity contribution in [2.45, 2.75) is 70.9 Å². The van der Waals surface area contributed by atoms with Crippen molar-refractivity contribution in [1.29, 1.82) is 0 Å². The average Bonchev–Trinajstić information content (AvgIpc) is 3.03. The predicted octanol–water partition coefficient (Wildman–Crippen LogP) is 1.82. The molecule has 0 aromatic rings. The molecule has 0 aromatic heterocycles. The molecule has 0 aromatic carbocycles. The second-order valence-corrected chi connectivity index (χ2v) is 9.59. The molecule has 5 rings (SSSR count). The van der Waals surface area contributed by atoms with E-state index in [-0.39, 0.29) is 29.2 Å². The molecule has 5 aliphatic rings. The lowest BCUT2D eigenvalue weighted by Crippen LogP contribution is -2.59. The first-order valence-electron chi connectivity index (χ1n) is 10.3. The van der Waals surface area contributed by atoms with Gasteiger partial charge in [-0.2, -0.15) is 0 Å². The summed E-state index contributed by atoms with van der Waals surface area (Å²) in [6.07, 6.45) is 8.09. The van der Waals surface area contributed by atoms with Gasteiger partial charge in [-0.05, 0) is 75.2 Å². The lowest BCUT2D eigenvalue weighted by atomic mass is 9.49. The summed E-state index contributed by atoms with van der Waals surface area (Å²) in [5, 5.41) is 9.57. The SMILES string of the molecule is CC(C)C(NC(=O)C12CC3CC(CC(C3)C1)C2)C(=O)NC1CCNC1. The van der Waals surface area contributed by atoms with Gasteiger partial charge in [-0.25, -0.2) is 0 Å². The number of nitrogens with one attached hydrogen (secondary N) is 3. The van der Waals surface area contributed by atoms with E-state index in [2.05, 4.69) is 16.0 Å². The van der Waals surface area contributed by atoms with Crippen LogP contribution in [0.1, 0.15) is 58.8 Å². The fourth-order valence-electron chi connectivity index (χ4n) is 6.29. The van der Waals surface area contributed by atoms with Crippen molar-refractivity contribution >= 4 is 11.8 Å². The van der Waals surface area contributed by atoms with Crippen LogP contribution in [0.15, 0.2) is 0 Å². The molecule has 3 N–H and O–H groups in total. The van der Waals surface area contributed by atoms with Crippen LogP contribution in [0.25, 0.3) is 0 Å². The highest BCUT2D eigenvalue weighted by atomic mass is 16.2. The van der Waals surface area contributed by atoms with Crippen molar-refractivity contribution in [3.8, 4) is 0 Å². The Morgan fingerprint density at radius 3 is 2.12 bits per heavy atom. The van der Waals surface area contributed by atoms with Gasteiger partial charge in [0.05, 0.1) is 0 Å². The fraction of sp³-hybridized carbons (Fsp3) is 0.900. The monoisotopic (exact) mass is 347 g/mol. The van der Waals surface area contributed by atoms with Crippen LogP contribution in [0.2, 0.25) is 0 Å². The summed E-state index contributed by atoms with van der Waals surface area (Å²) in [7, 11) is 0. The third-order valence-electron chi connectivity index (χ3n) is 7.16. The maximum Gasteiger partial charge on any atom is 0.243 e. The van der Waals surface area contributed by atoms with E-state index < -0.39 is 6.04 Å². The predicted molar refractivity (Wildman–Crippen MR) is 96.8 cm³/mol. The van der Waals surface area contributed by atoms with E-state index in [9.17, 15) is 9.59 Å². The zero-order chi connectivity index (χ0) is 17.6. The van der Waals surface area contributed by atoms with E-state index in [1.54, 1.807) is 0 Å². The molecule has 25 heavy (non-hydrogen) atoms. The number of carbonyl (C=O) groups excluding carboxylic acids is 2. The van der Waals surface area contributed by atoms with Crippen molar-refractivity contribution < 1.29 is 9.59 Å². The molecule has 5 heteroatoms. The van der Waals surface area contributed by atoms with Crippen LogP contribution >= 0.6 is 0 Å². The van der Waals surface area contributed by atoms with E-state index in [0.29, 0.717) is 0 Å². The number of carbonyl (C=O) groups is 2. The minimum Gasteiger partial charge on any atom is -0.350 e. The van der Waals surface area contributed by atoms with Crippen LogP contribution in [0, 0.1) is 29.1 Å². The number of rotatable bonds is 5. The van der Waals surface area contributed by atoms with Gasteiger partial charge in [0, 0.05) is 18.0 Å². The van der Waals surface area contributed by atoms with E-state index in [1.165, 1.54) is 19.3 Å². The molecule has 0 radical (unpaired) electrons. The Kier molecular flexibility index (Phi) is 4.55. The molecule has 0 spiro atoms. The lowest BCUT2D eigenvalue weighted by Gasteiger charge is -2.55.